The number of benzene rings is 1. The molecular formula is C15H17NO2S2. The molecule has 0 aliphatic heterocycles. The smallest absolute Gasteiger partial charge is 0.348 e. The second-order valence-corrected chi connectivity index (χ2v) is 6.11. The predicted octanol–water partition coefficient (Wildman–Crippen LogP) is 4.26. The van der Waals surface area contributed by atoms with E-state index < -0.39 is 0 Å². The lowest BCUT2D eigenvalue weighted by Gasteiger charge is -2.05. The molecule has 0 amide bonds. The number of hydrogen-bond donors (Lipinski definition) is 1. The van der Waals surface area contributed by atoms with Gasteiger partial charge in [-0.1, -0.05) is 19.1 Å². The van der Waals surface area contributed by atoms with E-state index >= 15 is 0 Å². The van der Waals surface area contributed by atoms with Gasteiger partial charge in [-0.25, -0.2) is 4.79 Å². The minimum Gasteiger partial charge on any atom is -0.465 e. The standard InChI is InChI=1S/C15H17NO2S2/c1-3-11-4-6-12(7-5-11)16-10-20-13-8-14(19-9-13)15(17)18-2/h4-9,16H,3,10H2,1-2H3. The quantitative estimate of drug-likeness (QED) is 0.492. The Kier molecular flexibility index (Phi) is 5.49. The van der Waals surface area contributed by atoms with Crippen molar-refractivity contribution in [1.29, 1.82) is 0 Å². The van der Waals surface area contributed by atoms with E-state index in [0.29, 0.717) is 4.88 Å². The number of esters is 1. The first-order valence-electron chi connectivity index (χ1n) is 6.35. The SMILES string of the molecule is CCc1ccc(NCSc2csc(C(=O)OC)c2)cc1. The Labute approximate surface area is 127 Å². The van der Waals surface area contributed by atoms with Crippen LogP contribution in [0.5, 0.6) is 0 Å². The van der Waals surface area contributed by atoms with Gasteiger partial charge in [0, 0.05) is 16.0 Å². The number of carbonyl (C=O) groups is 1. The number of thiophene rings is 1. The first-order chi connectivity index (χ1) is 9.72. The summed E-state index contributed by atoms with van der Waals surface area (Å²) in [4.78, 5) is 13.1. The minimum absolute atomic E-state index is 0.273. The molecule has 0 atom stereocenters. The van der Waals surface area contributed by atoms with Crippen molar-refractivity contribution in [2.24, 2.45) is 0 Å². The number of rotatable bonds is 6. The molecule has 0 aliphatic carbocycles. The van der Waals surface area contributed by atoms with Crippen molar-refractivity contribution < 1.29 is 9.53 Å². The van der Waals surface area contributed by atoms with E-state index in [4.69, 9.17) is 4.74 Å². The average Bonchev–Trinajstić information content (AvgIpc) is 2.96. The fourth-order valence-electron chi connectivity index (χ4n) is 1.66. The molecular weight excluding hydrogens is 290 g/mol. The Balaban J connectivity index is 1.83. The molecule has 0 radical (unpaired) electrons. The third-order valence-electron chi connectivity index (χ3n) is 2.84. The van der Waals surface area contributed by atoms with Crippen molar-refractivity contribution in [2.45, 2.75) is 18.2 Å². The van der Waals surface area contributed by atoms with Gasteiger partial charge in [-0.3, -0.25) is 0 Å². The summed E-state index contributed by atoms with van der Waals surface area (Å²) in [6.45, 7) is 2.15. The molecule has 0 fully saturated rings. The van der Waals surface area contributed by atoms with Crippen LogP contribution in [0.15, 0.2) is 40.6 Å². The number of hydrogen-bond acceptors (Lipinski definition) is 5. The van der Waals surface area contributed by atoms with E-state index in [9.17, 15) is 4.79 Å². The van der Waals surface area contributed by atoms with Crippen molar-refractivity contribution in [3.05, 3.63) is 46.2 Å². The molecule has 0 aliphatic rings. The van der Waals surface area contributed by atoms with Crippen molar-refractivity contribution in [3.8, 4) is 0 Å². The third-order valence-corrected chi connectivity index (χ3v) is 4.76. The van der Waals surface area contributed by atoms with E-state index in [0.717, 1.165) is 22.9 Å². The molecule has 2 aromatic rings. The van der Waals surface area contributed by atoms with Gasteiger partial charge in [0.05, 0.1) is 13.0 Å². The molecule has 0 saturated heterocycles. The van der Waals surface area contributed by atoms with Gasteiger partial charge in [0.1, 0.15) is 4.88 Å². The van der Waals surface area contributed by atoms with E-state index in [1.165, 1.54) is 24.0 Å². The summed E-state index contributed by atoms with van der Waals surface area (Å²) in [5.74, 6) is 0.494. The van der Waals surface area contributed by atoms with Crippen LogP contribution < -0.4 is 5.32 Å². The van der Waals surface area contributed by atoms with Crippen molar-refractivity contribution in [2.75, 3.05) is 18.3 Å². The summed E-state index contributed by atoms with van der Waals surface area (Å²) in [6.07, 6.45) is 1.06. The van der Waals surface area contributed by atoms with Crippen LogP contribution >= 0.6 is 23.1 Å². The first-order valence-corrected chi connectivity index (χ1v) is 8.22. The third kappa shape index (κ3) is 4.02. The zero-order chi connectivity index (χ0) is 14.4. The van der Waals surface area contributed by atoms with Crippen molar-refractivity contribution >= 4 is 34.8 Å². The fourth-order valence-corrected chi connectivity index (χ4v) is 3.45. The topological polar surface area (TPSA) is 38.3 Å². The second-order valence-electron chi connectivity index (χ2n) is 4.15. The summed E-state index contributed by atoms with van der Waals surface area (Å²) in [6, 6.07) is 10.3. The van der Waals surface area contributed by atoms with Crippen molar-refractivity contribution in [1.82, 2.24) is 0 Å². The first kappa shape index (κ1) is 14.9. The average molecular weight is 307 g/mol. The number of nitrogens with one attached hydrogen (secondary N) is 1. The highest BCUT2D eigenvalue weighted by Crippen LogP contribution is 2.25. The van der Waals surface area contributed by atoms with Gasteiger partial charge in [-0.2, -0.15) is 0 Å². The number of anilines is 1. The highest BCUT2D eigenvalue weighted by Gasteiger charge is 2.08. The largest absolute Gasteiger partial charge is 0.465 e. The zero-order valence-corrected chi connectivity index (χ0v) is 13.1. The van der Waals surface area contributed by atoms with Gasteiger partial charge >= 0.3 is 5.97 Å². The van der Waals surface area contributed by atoms with E-state index in [1.807, 2.05) is 11.4 Å². The minimum atomic E-state index is -0.273. The van der Waals surface area contributed by atoms with Gasteiger partial charge in [0.15, 0.2) is 0 Å². The van der Waals surface area contributed by atoms with Crippen LogP contribution in [0, 0.1) is 0 Å². The Morgan fingerprint density at radius 3 is 2.75 bits per heavy atom. The van der Waals surface area contributed by atoms with Crippen molar-refractivity contribution in [3.63, 3.8) is 0 Å². The number of methoxy groups -OCH3 is 1. The lowest BCUT2D eigenvalue weighted by Crippen LogP contribution is -1.98. The second kappa shape index (κ2) is 7.36. The molecule has 0 unspecified atom stereocenters. The Morgan fingerprint density at radius 2 is 2.10 bits per heavy atom. The van der Waals surface area contributed by atoms with Gasteiger partial charge in [-0.15, -0.1) is 23.1 Å². The molecule has 0 bridgehead atoms. The monoisotopic (exact) mass is 307 g/mol. The maximum atomic E-state index is 11.3. The molecule has 1 heterocycles. The van der Waals surface area contributed by atoms with E-state index in [1.54, 1.807) is 11.8 Å². The zero-order valence-electron chi connectivity index (χ0n) is 11.5. The highest BCUT2D eigenvalue weighted by molar-refractivity contribution is 7.99. The molecule has 0 spiro atoms. The lowest BCUT2D eigenvalue weighted by molar-refractivity contribution is 0.0606. The summed E-state index contributed by atoms with van der Waals surface area (Å²) >= 11 is 3.08. The number of ether oxygens (including phenoxy) is 1. The molecule has 2 rings (SSSR count). The number of aryl methyl sites for hydroxylation is 1. The summed E-state index contributed by atoms with van der Waals surface area (Å²) in [7, 11) is 1.40. The Bertz CT molecular complexity index is 564. The Morgan fingerprint density at radius 1 is 1.35 bits per heavy atom. The highest BCUT2D eigenvalue weighted by atomic mass is 32.2. The maximum absolute atomic E-state index is 11.3. The predicted molar refractivity (Wildman–Crippen MR) is 85.8 cm³/mol. The Hall–Kier alpha value is -1.46. The fraction of sp³-hybridized carbons (Fsp3) is 0.267. The van der Waals surface area contributed by atoms with Gasteiger partial charge in [0.2, 0.25) is 0 Å². The van der Waals surface area contributed by atoms with Crippen LogP contribution in [0.2, 0.25) is 0 Å². The molecule has 1 aromatic carbocycles. The van der Waals surface area contributed by atoms with E-state index in [-0.39, 0.29) is 5.97 Å². The van der Waals surface area contributed by atoms with Crippen LogP contribution in [0.4, 0.5) is 5.69 Å². The summed E-state index contributed by atoms with van der Waals surface area (Å²) in [5, 5.41) is 5.32. The molecule has 106 valence electrons. The molecule has 0 saturated carbocycles. The normalized spacial score (nSPS) is 10.3. The maximum Gasteiger partial charge on any atom is 0.348 e. The van der Waals surface area contributed by atoms with Crippen LogP contribution in [0.1, 0.15) is 22.2 Å². The number of carbonyl (C=O) groups excluding carboxylic acids is 1. The van der Waals surface area contributed by atoms with Gasteiger partial charge in [0.25, 0.3) is 0 Å². The molecule has 1 aromatic heterocycles. The molecule has 1 N–H and O–H groups in total. The van der Waals surface area contributed by atoms with Gasteiger partial charge < -0.3 is 10.1 Å². The van der Waals surface area contributed by atoms with Gasteiger partial charge in [-0.05, 0) is 30.2 Å². The van der Waals surface area contributed by atoms with Crippen LogP contribution in [-0.4, -0.2) is 19.0 Å². The van der Waals surface area contributed by atoms with Crippen LogP contribution in [0.3, 0.4) is 0 Å². The lowest BCUT2D eigenvalue weighted by atomic mass is 10.1. The number of thioether (sulfide) groups is 1. The summed E-state index contributed by atoms with van der Waals surface area (Å²) in [5.41, 5.74) is 2.45. The summed E-state index contributed by atoms with van der Waals surface area (Å²) < 4.78 is 4.69. The van der Waals surface area contributed by atoms with E-state index in [2.05, 4.69) is 36.5 Å². The van der Waals surface area contributed by atoms with Crippen LogP contribution in [0.25, 0.3) is 0 Å². The van der Waals surface area contributed by atoms with Crippen LogP contribution in [-0.2, 0) is 11.2 Å². The molecule has 20 heavy (non-hydrogen) atoms. The molecule has 3 nitrogen and oxygen atoms in total. The molecule has 5 heteroatoms.